The van der Waals surface area contributed by atoms with Crippen molar-refractivity contribution in [2.75, 3.05) is 13.7 Å². The predicted molar refractivity (Wildman–Crippen MR) is 65.6 cm³/mol. The van der Waals surface area contributed by atoms with Crippen LogP contribution < -0.4 is 4.74 Å². The fraction of sp³-hybridized carbons (Fsp3) is 0.417. The predicted octanol–water partition coefficient (Wildman–Crippen LogP) is 2.18. The zero-order valence-electron chi connectivity index (χ0n) is 9.43. The highest BCUT2D eigenvalue weighted by molar-refractivity contribution is 7.99. The summed E-state index contributed by atoms with van der Waals surface area (Å²) in [6.45, 7) is 2.16. The number of rotatable bonds is 5. The van der Waals surface area contributed by atoms with Gasteiger partial charge in [0, 0.05) is 11.0 Å². The van der Waals surface area contributed by atoms with Crippen molar-refractivity contribution < 1.29 is 9.84 Å². The van der Waals surface area contributed by atoms with Gasteiger partial charge in [0.1, 0.15) is 11.8 Å². The van der Waals surface area contributed by atoms with E-state index in [0.717, 1.165) is 11.3 Å². The minimum Gasteiger partial charge on any atom is -0.495 e. The molecule has 1 aromatic carbocycles. The molecule has 0 heterocycles. The van der Waals surface area contributed by atoms with Crippen LogP contribution >= 0.6 is 11.8 Å². The van der Waals surface area contributed by atoms with Gasteiger partial charge < -0.3 is 9.84 Å². The number of ether oxygens (including phenoxy) is 1. The number of aliphatic hydroxyl groups is 1. The maximum absolute atomic E-state index is 8.91. The third-order valence-electron chi connectivity index (χ3n) is 2.18. The van der Waals surface area contributed by atoms with Crippen molar-refractivity contribution >= 4 is 11.8 Å². The molecule has 0 amide bonds. The first-order chi connectivity index (χ1) is 7.71. The summed E-state index contributed by atoms with van der Waals surface area (Å²) in [6.07, 6.45) is 0. The number of hydrogen-bond donors (Lipinski definition) is 1. The Hall–Kier alpha value is -1.18. The number of nitriles is 1. The summed E-state index contributed by atoms with van der Waals surface area (Å²) in [4.78, 5) is 0. The van der Waals surface area contributed by atoms with E-state index in [-0.39, 0.29) is 11.9 Å². The third-order valence-corrected chi connectivity index (χ3v) is 3.40. The molecule has 1 atom stereocenters. The first-order valence-corrected chi connectivity index (χ1v) is 6.05. The molecule has 0 saturated heterocycles. The summed E-state index contributed by atoms with van der Waals surface area (Å²) in [5.41, 5.74) is 1.65. The largest absolute Gasteiger partial charge is 0.495 e. The second-order valence-corrected chi connectivity index (χ2v) is 4.88. The molecular weight excluding hydrogens is 222 g/mol. The Bertz CT molecular complexity index is 387. The van der Waals surface area contributed by atoms with Crippen LogP contribution in [-0.2, 0) is 5.75 Å². The second-order valence-electron chi connectivity index (χ2n) is 3.45. The summed E-state index contributed by atoms with van der Waals surface area (Å²) in [7, 11) is 1.56. The van der Waals surface area contributed by atoms with E-state index in [0.29, 0.717) is 11.3 Å². The Balaban J connectivity index is 2.72. The lowest BCUT2D eigenvalue weighted by molar-refractivity contribution is 0.300. The first kappa shape index (κ1) is 12.9. The van der Waals surface area contributed by atoms with Crippen molar-refractivity contribution in [3.63, 3.8) is 0 Å². The Morgan fingerprint density at radius 2 is 2.31 bits per heavy atom. The fourth-order valence-electron chi connectivity index (χ4n) is 1.21. The van der Waals surface area contributed by atoms with Gasteiger partial charge in [0.05, 0.1) is 19.3 Å². The van der Waals surface area contributed by atoms with E-state index in [1.165, 1.54) is 0 Å². The van der Waals surface area contributed by atoms with Gasteiger partial charge in [-0.2, -0.15) is 17.0 Å². The normalized spacial score (nSPS) is 11.9. The Kier molecular flexibility index (Phi) is 5.17. The van der Waals surface area contributed by atoms with Gasteiger partial charge >= 0.3 is 0 Å². The van der Waals surface area contributed by atoms with Crippen LogP contribution in [0.2, 0.25) is 0 Å². The van der Waals surface area contributed by atoms with Crippen molar-refractivity contribution in [3.05, 3.63) is 29.3 Å². The van der Waals surface area contributed by atoms with Crippen LogP contribution in [0, 0.1) is 11.3 Å². The molecule has 0 spiro atoms. The average molecular weight is 237 g/mol. The summed E-state index contributed by atoms with van der Waals surface area (Å²) >= 11 is 1.67. The molecule has 0 saturated carbocycles. The van der Waals surface area contributed by atoms with Gasteiger partial charge in [0.15, 0.2) is 0 Å². The molecule has 0 aromatic heterocycles. The molecule has 4 heteroatoms. The number of benzene rings is 1. The monoisotopic (exact) mass is 237 g/mol. The molecule has 86 valence electrons. The number of aliphatic hydroxyl groups excluding tert-OH is 1. The molecule has 1 rings (SSSR count). The van der Waals surface area contributed by atoms with E-state index in [4.69, 9.17) is 15.1 Å². The Morgan fingerprint density at radius 1 is 1.56 bits per heavy atom. The summed E-state index contributed by atoms with van der Waals surface area (Å²) in [6, 6.07) is 7.63. The van der Waals surface area contributed by atoms with E-state index in [1.54, 1.807) is 24.9 Å². The first-order valence-electron chi connectivity index (χ1n) is 5.00. The van der Waals surface area contributed by atoms with Crippen molar-refractivity contribution in [2.45, 2.75) is 17.9 Å². The zero-order valence-corrected chi connectivity index (χ0v) is 10.3. The average Bonchev–Trinajstić information content (AvgIpc) is 2.35. The van der Waals surface area contributed by atoms with Crippen molar-refractivity contribution in [1.82, 2.24) is 0 Å². The minimum atomic E-state index is 0.179. The highest BCUT2D eigenvalue weighted by atomic mass is 32.2. The molecule has 1 unspecified atom stereocenters. The SMILES string of the molecule is COc1cc(CSC(C)CO)ccc1C#N. The smallest absolute Gasteiger partial charge is 0.136 e. The van der Waals surface area contributed by atoms with Gasteiger partial charge in [0.25, 0.3) is 0 Å². The highest BCUT2D eigenvalue weighted by Crippen LogP contribution is 2.23. The number of thioether (sulfide) groups is 1. The van der Waals surface area contributed by atoms with Crippen molar-refractivity contribution in [2.24, 2.45) is 0 Å². The van der Waals surface area contributed by atoms with Crippen molar-refractivity contribution in [1.29, 1.82) is 5.26 Å². The summed E-state index contributed by atoms with van der Waals surface area (Å²) < 4.78 is 5.13. The molecular formula is C12H15NO2S. The fourth-order valence-corrected chi connectivity index (χ4v) is 1.97. The molecule has 1 aromatic rings. The Morgan fingerprint density at radius 3 is 2.88 bits per heavy atom. The lowest BCUT2D eigenvalue weighted by atomic mass is 10.1. The van der Waals surface area contributed by atoms with E-state index in [9.17, 15) is 0 Å². The standard InChI is InChI=1S/C12H15NO2S/c1-9(7-14)16-8-10-3-4-11(6-13)12(5-10)15-2/h3-5,9,14H,7-8H2,1-2H3. The van der Waals surface area contributed by atoms with E-state index >= 15 is 0 Å². The maximum Gasteiger partial charge on any atom is 0.136 e. The van der Waals surface area contributed by atoms with E-state index in [1.807, 2.05) is 19.1 Å². The third kappa shape index (κ3) is 3.44. The van der Waals surface area contributed by atoms with Crippen LogP contribution in [-0.4, -0.2) is 24.1 Å². The Labute approximate surface area is 100 Å². The molecule has 0 bridgehead atoms. The molecule has 3 nitrogen and oxygen atoms in total. The van der Waals surface area contributed by atoms with E-state index < -0.39 is 0 Å². The molecule has 0 aliphatic rings. The van der Waals surface area contributed by atoms with Crippen LogP contribution in [0.4, 0.5) is 0 Å². The van der Waals surface area contributed by atoms with Gasteiger partial charge in [-0.15, -0.1) is 0 Å². The van der Waals surface area contributed by atoms with Crippen LogP contribution in [0.25, 0.3) is 0 Å². The van der Waals surface area contributed by atoms with Gasteiger partial charge in [-0.25, -0.2) is 0 Å². The summed E-state index contributed by atoms with van der Waals surface area (Å²) in [5.74, 6) is 1.42. The molecule has 0 fully saturated rings. The van der Waals surface area contributed by atoms with Crippen LogP contribution in [0.1, 0.15) is 18.1 Å². The number of nitrogens with zero attached hydrogens (tertiary/aromatic N) is 1. The van der Waals surface area contributed by atoms with Crippen LogP contribution in [0.15, 0.2) is 18.2 Å². The lowest BCUT2D eigenvalue weighted by Crippen LogP contribution is -2.02. The lowest BCUT2D eigenvalue weighted by Gasteiger charge is -2.09. The maximum atomic E-state index is 8.91. The van der Waals surface area contributed by atoms with Gasteiger partial charge in [-0.1, -0.05) is 13.0 Å². The number of methoxy groups -OCH3 is 1. The minimum absolute atomic E-state index is 0.179. The second kappa shape index (κ2) is 6.41. The van der Waals surface area contributed by atoms with Crippen LogP contribution in [0.5, 0.6) is 5.75 Å². The molecule has 0 aliphatic carbocycles. The van der Waals surface area contributed by atoms with E-state index in [2.05, 4.69) is 6.07 Å². The zero-order chi connectivity index (χ0) is 12.0. The molecule has 1 N–H and O–H groups in total. The van der Waals surface area contributed by atoms with Crippen LogP contribution in [0.3, 0.4) is 0 Å². The topological polar surface area (TPSA) is 53.2 Å². The quantitative estimate of drug-likeness (QED) is 0.852. The molecule has 0 aliphatic heterocycles. The highest BCUT2D eigenvalue weighted by Gasteiger charge is 2.05. The molecule has 16 heavy (non-hydrogen) atoms. The van der Waals surface area contributed by atoms with Gasteiger partial charge in [-0.05, 0) is 17.7 Å². The van der Waals surface area contributed by atoms with Crippen molar-refractivity contribution in [3.8, 4) is 11.8 Å². The van der Waals surface area contributed by atoms with Gasteiger partial charge in [-0.3, -0.25) is 0 Å². The molecule has 0 radical (unpaired) electrons. The number of hydrogen-bond acceptors (Lipinski definition) is 4. The van der Waals surface area contributed by atoms with Gasteiger partial charge in [0.2, 0.25) is 0 Å². The summed E-state index contributed by atoms with van der Waals surface area (Å²) in [5, 5.41) is 18.0.